The lowest BCUT2D eigenvalue weighted by atomic mass is 9.80. The molecule has 1 unspecified atom stereocenters. The molecule has 0 bridgehead atoms. The molecule has 0 radical (unpaired) electrons. The maximum atomic E-state index is 15.2. The van der Waals surface area contributed by atoms with Crippen molar-refractivity contribution in [1.82, 2.24) is 0 Å². The number of hydrogen-bond acceptors (Lipinski definition) is 7. The van der Waals surface area contributed by atoms with Crippen molar-refractivity contribution in [3.63, 3.8) is 0 Å². The zero-order valence-corrected chi connectivity index (χ0v) is 27.2. The lowest BCUT2D eigenvalue weighted by molar-refractivity contribution is -0.158. The van der Waals surface area contributed by atoms with Crippen LogP contribution < -0.4 is 9.47 Å². The number of carboxylic acids is 1. The molecule has 10 heteroatoms. The van der Waals surface area contributed by atoms with Crippen LogP contribution in [0.15, 0.2) is 91.0 Å². The second-order valence-electron chi connectivity index (χ2n) is 11.7. The van der Waals surface area contributed by atoms with E-state index < -0.39 is 59.8 Å². The summed E-state index contributed by atoms with van der Waals surface area (Å²) in [5.41, 5.74) is 1.45. The SMILES string of the molecule is COc1ccc(C(OC[C@H]2O[C@@H](c3cc(C)c(F)cc3F)[C@@H](C)C2OC(=O)CCC(=O)O)(c2ccccc2)c2ccc(OC)cc2)cc1. The number of aliphatic carboxylic acids is 1. The van der Waals surface area contributed by atoms with E-state index in [1.54, 1.807) is 21.1 Å². The van der Waals surface area contributed by atoms with Gasteiger partial charge in [0.1, 0.15) is 40.9 Å². The Labute approximate surface area is 278 Å². The topological polar surface area (TPSA) is 101 Å². The molecule has 1 fully saturated rings. The fourth-order valence-corrected chi connectivity index (χ4v) is 6.17. The van der Waals surface area contributed by atoms with Crippen molar-refractivity contribution in [3.05, 3.63) is 130 Å². The molecule has 4 aromatic rings. The van der Waals surface area contributed by atoms with Crippen LogP contribution in [0.1, 0.15) is 53.7 Å². The van der Waals surface area contributed by atoms with E-state index in [4.69, 9.17) is 28.8 Å². The van der Waals surface area contributed by atoms with Gasteiger partial charge in [-0.2, -0.15) is 0 Å². The Morgan fingerprint density at radius 3 is 1.92 bits per heavy atom. The van der Waals surface area contributed by atoms with E-state index in [9.17, 15) is 14.0 Å². The molecule has 1 heterocycles. The molecular formula is C38H38F2O8. The molecule has 0 amide bonds. The standard InChI is InChI=1S/C38H38F2O8/c1-23-20-30(32(40)21-31(23)39)36-24(2)37(48-35(43)19-18-34(41)42)33(47-36)22-46-38(25-8-6-5-7-9-25,26-10-14-28(44-3)15-11-26)27-12-16-29(45-4)17-13-27/h5-17,20-21,24,33,36-37H,18-19,22H2,1-4H3,(H,41,42)/t24-,33-,36-,37?/m1/s1. The van der Waals surface area contributed by atoms with Crippen LogP contribution in [0.5, 0.6) is 11.5 Å². The first-order chi connectivity index (χ1) is 23.1. The molecule has 0 aliphatic carbocycles. The third-order valence-electron chi connectivity index (χ3n) is 8.72. The Balaban J connectivity index is 1.58. The summed E-state index contributed by atoms with van der Waals surface area (Å²) < 4.78 is 59.5. The van der Waals surface area contributed by atoms with E-state index in [0.717, 1.165) is 22.8 Å². The maximum Gasteiger partial charge on any atom is 0.306 e. The number of benzene rings is 4. The summed E-state index contributed by atoms with van der Waals surface area (Å²) in [5, 5.41) is 9.12. The minimum atomic E-state index is -1.22. The summed E-state index contributed by atoms with van der Waals surface area (Å²) >= 11 is 0. The monoisotopic (exact) mass is 660 g/mol. The quantitative estimate of drug-likeness (QED) is 0.119. The van der Waals surface area contributed by atoms with Crippen molar-refractivity contribution < 1.29 is 47.2 Å². The molecule has 0 aromatic heterocycles. The number of aryl methyl sites for hydroxylation is 1. The number of methoxy groups -OCH3 is 2. The second kappa shape index (κ2) is 15.0. The van der Waals surface area contributed by atoms with E-state index in [-0.39, 0.29) is 24.2 Å². The first kappa shape index (κ1) is 34.5. The highest BCUT2D eigenvalue weighted by Crippen LogP contribution is 2.45. The largest absolute Gasteiger partial charge is 0.497 e. The van der Waals surface area contributed by atoms with Crippen molar-refractivity contribution in [3.8, 4) is 11.5 Å². The van der Waals surface area contributed by atoms with Gasteiger partial charge in [-0.1, -0.05) is 61.5 Å². The van der Waals surface area contributed by atoms with E-state index in [2.05, 4.69) is 0 Å². The van der Waals surface area contributed by atoms with E-state index >= 15 is 4.39 Å². The van der Waals surface area contributed by atoms with E-state index in [1.807, 2.05) is 78.9 Å². The van der Waals surface area contributed by atoms with Crippen LogP contribution in [-0.4, -0.2) is 50.1 Å². The molecule has 0 saturated carbocycles. The molecule has 1 N–H and O–H groups in total. The van der Waals surface area contributed by atoms with Crippen LogP contribution in [0.25, 0.3) is 0 Å². The van der Waals surface area contributed by atoms with Gasteiger partial charge in [0.2, 0.25) is 0 Å². The smallest absolute Gasteiger partial charge is 0.306 e. The Bertz CT molecular complexity index is 1660. The average molecular weight is 661 g/mol. The predicted octanol–water partition coefficient (Wildman–Crippen LogP) is 7.15. The first-order valence-corrected chi connectivity index (χ1v) is 15.6. The number of carbonyl (C=O) groups excluding carboxylic acids is 1. The number of carbonyl (C=O) groups is 2. The Hall–Kier alpha value is -4.80. The van der Waals surface area contributed by atoms with Crippen LogP contribution >= 0.6 is 0 Å². The Morgan fingerprint density at radius 1 is 0.812 bits per heavy atom. The minimum absolute atomic E-state index is 0.120. The molecule has 48 heavy (non-hydrogen) atoms. The summed E-state index contributed by atoms with van der Waals surface area (Å²) in [6, 6.07) is 26.7. The van der Waals surface area contributed by atoms with Gasteiger partial charge in [0, 0.05) is 17.5 Å². The molecule has 252 valence electrons. The fraction of sp³-hybridized carbons (Fsp3) is 0.316. The number of ether oxygens (including phenoxy) is 5. The summed E-state index contributed by atoms with van der Waals surface area (Å²) in [6.45, 7) is 3.14. The van der Waals surface area contributed by atoms with Gasteiger partial charge in [0.25, 0.3) is 0 Å². The fourth-order valence-electron chi connectivity index (χ4n) is 6.17. The van der Waals surface area contributed by atoms with E-state index in [1.165, 1.54) is 13.0 Å². The third-order valence-corrected chi connectivity index (χ3v) is 8.72. The highest BCUT2D eigenvalue weighted by molar-refractivity contribution is 5.76. The van der Waals surface area contributed by atoms with Gasteiger partial charge >= 0.3 is 11.9 Å². The highest BCUT2D eigenvalue weighted by Gasteiger charge is 2.48. The first-order valence-electron chi connectivity index (χ1n) is 15.6. The summed E-state index contributed by atoms with van der Waals surface area (Å²) in [5.74, 6) is -2.66. The highest BCUT2D eigenvalue weighted by atomic mass is 19.1. The van der Waals surface area contributed by atoms with Gasteiger partial charge in [-0.15, -0.1) is 0 Å². The van der Waals surface area contributed by atoms with Crippen molar-refractivity contribution in [2.24, 2.45) is 5.92 Å². The van der Waals surface area contributed by atoms with Crippen LogP contribution in [0.3, 0.4) is 0 Å². The second-order valence-corrected chi connectivity index (χ2v) is 11.7. The maximum absolute atomic E-state index is 15.2. The zero-order valence-electron chi connectivity index (χ0n) is 27.2. The molecule has 4 atom stereocenters. The summed E-state index contributed by atoms with van der Waals surface area (Å²) in [7, 11) is 3.16. The molecule has 1 aliphatic rings. The minimum Gasteiger partial charge on any atom is -0.497 e. The third kappa shape index (κ3) is 7.19. The zero-order chi connectivity index (χ0) is 34.4. The number of hydrogen-bond donors (Lipinski definition) is 1. The van der Waals surface area contributed by atoms with Gasteiger partial charge in [-0.3, -0.25) is 9.59 Å². The van der Waals surface area contributed by atoms with Gasteiger partial charge in [0.05, 0.1) is 39.8 Å². The molecule has 4 aromatic carbocycles. The van der Waals surface area contributed by atoms with Gasteiger partial charge in [-0.05, 0) is 59.5 Å². The number of esters is 1. The van der Waals surface area contributed by atoms with Crippen LogP contribution in [-0.2, 0) is 29.4 Å². The number of halogens is 2. The van der Waals surface area contributed by atoms with Crippen molar-refractivity contribution in [2.45, 2.75) is 50.6 Å². The van der Waals surface area contributed by atoms with Gasteiger partial charge < -0.3 is 28.8 Å². The molecule has 5 rings (SSSR count). The normalized spacial score (nSPS) is 19.1. The Kier molecular flexibility index (Phi) is 10.8. The van der Waals surface area contributed by atoms with Crippen molar-refractivity contribution in [1.29, 1.82) is 0 Å². The van der Waals surface area contributed by atoms with Crippen LogP contribution in [0.4, 0.5) is 8.78 Å². The van der Waals surface area contributed by atoms with Crippen molar-refractivity contribution in [2.75, 3.05) is 20.8 Å². The van der Waals surface area contributed by atoms with Crippen LogP contribution in [0.2, 0.25) is 0 Å². The number of rotatable bonds is 13. The summed E-state index contributed by atoms with van der Waals surface area (Å²) in [4.78, 5) is 24.0. The van der Waals surface area contributed by atoms with Gasteiger partial charge in [-0.25, -0.2) is 8.78 Å². The molecule has 0 spiro atoms. The summed E-state index contributed by atoms with van der Waals surface area (Å²) in [6.07, 6.45) is -3.54. The van der Waals surface area contributed by atoms with Gasteiger partial charge in [0.15, 0.2) is 0 Å². The molecule has 8 nitrogen and oxygen atoms in total. The van der Waals surface area contributed by atoms with Crippen molar-refractivity contribution >= 4 is 11.9 Å². The van der Waals surface area contributed by atoms with E-state index in [0.29, 0.717) is 11.5 Å². The molecular weight excluding hydrogens is 622 g/mol. The average Bonchev–Trinajstić information content (AvgIpc) is 3.40. The predicted molar refractivity (Wildman–Crippen MR) is 173 cm³/mol. The number of carboxylic acid groups (broad SMARTS) is 1. The Morgan fingerprint density at radius 2 is 1.38 bits per heavy atom. The molecule has 1 saturated heterocycles. The lowest BCUT2D eigenvalue weighted by Gasteiger charge is -2.37. The molecule has 1 aliphatic heterocycles. The van der Waals surface area contributed by atoms with Crippen LogP contribution in [0, 0.1) is 24.5 Å². The lowest BCUT2D eigenvalue weighted by Crippen LogP contribution is -2.40.